The molecule has 1 aromatic heterocycles. The molecule has 3 rings (SSSR count). The lowest BCUT2D eigenvalue weighted by atomic mass is 10.2. The Labute approximate surface area is 153 Å². The molecule has 0 radical (unpaired) electrons. The third kappa shape index (κ3) is 4.44. The standard InChI is InChI=1S/C18H22N4O3S/c1-14(11-16-13-19-7-8-20-16)21-26(24,25)17-6-4-5-15(12-17)18(23)22-9-2-3-10-22/h4-8,12-14,21H,2-3,9-11H2,1H3/t14-/m1/s1. The first-order valence-corrected chi connectivity index (χ1v) is 10.1. The van der Waals surface area contributed by atoms with E-state index < -0.39 is 10.0 Å². The summed E-state index contributed by atoms with van der Waals surface area (Å²) in [6.45, 7) is 3.22. The van der Waals surface area contributed by atoms with Crippen LogP contribution >= 0.6 is 0 Å². The van der Waals surface area contributed by atoms with Crippen LogP contribution in [0.4, 0.5) is 0 Å². The van der Waals surface area contributed by atoms with Crippen LogP contribution in [0.15, 0.2) is 47.8 Å². The Hall–Kier alpha value is -2.32. The number of likely N-dealkylation sites (tertiary alicyclic amines) is 1. The number of rotatable bonds is 6. The molecule has 0 saturated carbocycles. The van der Waals surface area contributed by atoms with Gasteiger partial charge < -0.3 is 4.90 Å². The summed E-state index contributed by atoms with van der Waals surface area (Å²) in [6, 6.07) is 5.85. The van der Waals surface area contributed by atoms with E-state index in [-0.39, 0.29) is 16.8 Å². The molecular weight excluding hydrogens is 352 g/mol. The molecule has 0 aliphatic carbocycles. The Morgan fingerprint density at radius 2 is 2.04 bits per heavy atom. The highest BCUT2D eigenvalue weighted by Gasteiger charge is 2.23. The van der Waals surface area contributed by atoms with Gasteiger partial charge in [-0.2, -0.15) is 0 Å². The van der Waals surface area contributed by atoms with E-state index in [1.165, 1.54) is 12.1 Å². The lowest BCUT2D eigenvalue weighted by molar-refractivity contribution is 0.0792. The van der Waals surface area contributed by atoms with Gasteiger partial charge >= 0.3 is 0 Å². The third-order valence-electron chi connectivity index (χ3n) is 4.27. The van der Waals surface area contributed by atoms with Crippen LogP contribution in [0, 0.1) is 0 Å². The fourth-order valence-corrected chi connectivity index (χ4v) is 4.31. The number of hydrogen-bond acceptors (Lipinski definition) is 5. The number of hydrogen-bond donors (Lipinski definition) is 1. The zero-order valence-electron chi connectivity index (χ0n) is 14.6. The average molecular weight is 374 g/mol. The van der Waals surface area contributed by atoms with Gasteiger partial charge in [0.2, 0.25) is 10.0 Å². The molecule has 1 amide bonds. The van der Waals surface area contributed by atoms with Gasteiger partial charge in [0.1, 0.15) is 0 Å². The first kappa shape index (κ1) is 18.5. The van der Waals surface area contributed by atoms with Crippen LogP contribution in [0.3, 0.4) is 0 Å². The van der Waals surface area contributed by atoms with Crippen molar-refractivity contribution in [2.75, 3.05) is 13.1 Å². The van der Waals surface area contributed by atoms with Crippen LogP contribution < -0.4 is 4.72 Å². The van der Waals surface area contributed by atoms with Gasteiger partial charge in [0.25, 0.3) is 5.91 Å². The van der Waals surface area contributed by atoms with Gasteiger partial charge in [0, 0.05) is 49.7 Å². The molecule has 7 nitrogen and oxygen atoms in total. The zero-order chi connectivity index (χ0) is 18.6. The van der Waals surface area contributed by atoms with Crippen LogP contribution in [0.1, 0.15) is 35.8 Å². The summed E-state index contributed by atoms with van der Waals surface area (Å²) in [5.41, 5.74) is 1.11. The Morgan fingerprint density at radius 3 is 2.73 bits per heavy atom. The molecule has 0 unspecified atom stereocenters. The first-order chi connectivity index (χ1) is 12.5. The van der Waals surface area contributed by atoms with Gasteiger partial charge in [0.15, 0.2) is 0 Å². The minimum atomic E-state index is -3.73. The average Bonchev–Trinajstić information content (AvgIpc) is 3.16. The minimum absolute atomic E-state index is 0.0912. The number of sulfonamides is 1. The molecule has 0 spiro atoms. The Morgan fingerprint density at radius 1 is 1.27 bits per heavy atom. The predicted octanol–water partition coefficient (Wildman–Crippen LogP) is 1.62. The lowest BCUT2D eigenvalue weighted by Crippen LogP contribution is -2.34. The van der Waals surface area contributed by atoms with E-state index in [2.05, 4.69) is 14.7 Å². The number of nitrogens with one attached hydrogen (secondary N) is 1. The third-order valence-corrected chi connectivity index (χ3v) is 5.86. The van der Waals surface area contributed by atoms with Crippen molar-refractivity contribution in [3.05, 3.63) is 54.1 Å². The molecule has 2 heterocycles. The minimum Gasteiger partial charge on any atom is -0.339 e. The second kappa shape index (κ2) is 7.92. The molecule has 0 bridgehead atoms. The Bertz CT molecular complexity index is 865. The van der Waals surface area contributed by atoms with Gasteiger partial charge in [-0.15, -0.1) is 0 Å². The van der Waals surface area contributed by atoms with Crippen molar-refractivity contribution in [1.82, 2.24) is 19.6 Å². The van der Waals surface area contributed by atoms with E-state index in [1.807, 2.05) is 0 Å². The molecule has 1 saturated heterocycles. The second-order valence-electron chi connectivity index (χ2n) is 6.45. The molecule has 138 valence electrons. The van der Waals surface area contributed by atoms with E-state index in [9.17, 15) is 13.2 Å². The Balaban J connectivity index is 1.72. The first-order valence-electron chi connectivity index (χ1n) is 8.62. The number of carbonyl (C=O) groups excluding carboxylic acids is 1. The monoisotopic (exact) mass is 374 g/mol. The maximum absolute atomic E-state index is 12.7. The van der Waals surface area contributed by atoms with Crippen molar-refractivity contribution in [2.24, 2.45) is 0 Å². The maximum Gasteiger partial charge on any atom is 0.253 e. The smallest absolute Gasteiger partial charge is 0.253 e. The molecule has 1 N–H and O–H groups in total. The summed E-state index contributed by atoms with van der Waals surface area (Å²) < 4.78 is 27.9. The van der Waals surface area contributed by atoms with Gasteiger partial charge in [-0.05, 0) is 38.0 Å². The van der Waals surface area contributed by atoms with Gasteiger partial charge in [-0.3, -0.25) is 14.8 Å². The van der Waals surface area contributed by atoms with Crippen LogP contribution in [-0.4, -0.2) is 48.3 Å². The van der Waals surface area contributed by atoms with Gasteiger partial charge in [0.05, 0.1) is 10.6 Å². The van der Waals surface area contributed by atoms with Gasteiger partial charge in [-0.25, -0.2) is 13.1 Å². The maximum atomic E-state index is 12.7. The highest BCUT2D eigenvalue weighted by molar-refractivity contribution is 7.89. The summed E-state index contributed by atoms with van der Waals surface area (Å²) >= 11 is 0. The summed E-state index contributed by atoms with van der Waals surface area (Å²) in [6.07, 6.45) is 7.17. The van der Waals surface area contributed by atoms with Gasteiger partial charge in [-0.1, -0.05) is 6.07 Å². The predicted molar refractivity (Wildman–Crippen MR) is 97.1 cm³/mol. The molecule has 1 aromatic carbocycles. The SMILES string of the molecule is C[C@H](Cc1cnccn1)NS(=O)(=O)c1cccc(C(=O)N2CCCC2)c1. The number of nitrogens with zero attached hydrogens (tertiary/aromatic N) is 3. The van der Waals surface area contributed by atoms with Crippen molar-refractivity contribution in [3.63, 3.8) is 0 Å². The molecule has 26 heavy (non-hydrogen) atoms. The van der Waals surface area contributed by atoms with E-state index in [1.54, 1.807) is 42.5 Å². The van der Waals surface area contributed by atoms with Crippen molar-refractivity contribution in [1.29, 1.82) is 0 Å². The number of carbonyl (C=O) groups is 1. The summed E-state index contributed by atoms with van der Waals surface area (Å²) in [4.78, 5) is 22.5. The van der Waals surface area contributed by atoms with E-state index >= 15 is 0 Å². The van der Waals surface area contributed by atoms with Crippen molar-refractivity contribution in [2.45, 2.75) is 37.1 Å². The number of amides is 1. The quantitative estimate of drug-likeness (QED) is 0.829. The second-order valence-corrected chi connectivity index (χ2v) is 8.16. The summed E-state index contributed by atoms with van der Waals surface area (Å²) in [5, 5.41) is 0. The van der Waals surface area contributed by atoms with E-state index in [4.69, 9.17) is 0 Å². The van der Waals surface area contributed by atoms with Crippen molar-refractivity contribution in [3.8, 4) is 0 Å². The number of benzene rings is 1. The van der Waals surface area contributed by atoms with Crippen molar-refractivity contribution < 1.29 is 13.2 Å². The molecule has 1 atom stereocenters. The molecule has 8 heteroatoms. The number of aromatic nitrogens is 2. The van der Waals surface area contributed by atoms with E-state index in [0.29, 0.717) is 17.7 Å². The largest absolute Gasteiger partial charge is 0.339 e. The fourth-order valence-electron chi connectivity index (χ4n) is 3.02. The lowest BCUT2D eigenvalue weighted by Gasteiger charge is -2.17. The fraction of sp³-hybridized carbons (Fsp3) is 0.389. The van der Waals surface area contributed by atoms with Crippen LogP contribution in [0.2, 0.25) is 0 Å². The molecule has 2 aromatic rings. The van der Waals surface area contributed by atoms with Crippen LogP contribution in [-0.2, 0) is 16.4 Å². The Kier molecular flexibility index (Phi) is 5.63. The molecule has 1 aliphatic heterocycles. The van der Waals surface area contributed by atoms with Crippen LogP contribution in [0.25, 0.3) is 0 Å². The topological polar surface area (TPSA) is 92.3 Å². The molecule has 1 aliphatic rings. The normalized spacial score (nSPS) is 15.8. The van der Waals surface area contributed by atoms with Crippen molar-refractivity contribution >= 4 is 15.9 Å². The van der Waals surface area contributed by atoms with Crippen LogP contribution in [0.5, 0.6) is 0 Å². The summed E-state index contributed by atoms with van der Waals surface area (Å²) in [7, 11) is -3.73. The summed E-state index contributed by atoms with van der Waals surface area (Å²) in [5.74, 6) is -0.118. The highest BCUT2D eigenvalue weighted by atomic mass is 32.2. The molecular formula is C18H22N4O3S. The zero-order valence-corrected chi connectivity index (χ0v) is 15.4. The molecule has 1 fully saturated rings. The van der Waals surface area contributed by atoms with E-state index in [0.717, 1.165) is 25.9 Å². The highest BCUT2D eigenvalue weighted by Crippen LogP contribution is 2.17.